The van der Waals surface area contributed by atoms with Gasteiger partial charge >= 0.3 is 12.1 Å². The molecule has 1 fully saturated rings. The van der Waals surface area contributed by atoms with Gasteiger partial charge in [-0.3, -0.25) is 4.90 Å². The van der Waals surface area contributed by atoms with Crippen LogP contribution < -0.4 is 9.64 Å². The number of rotatable bonds is 8. The number of thiophene rings is 1. The van der Waals surface area contributed by atoms with Gasteiger partial charge in [0.1, 0.15) is 11.4 Å². The number of ether oxygens (including phenoxy) is 4. The van der Waals surface area contributed by atoms with Gasteiger partial charge in [0.05, 0.1) is 17.5 Å². The quantitative estimate of drug-likeness (QED) is 0.0897. The zero-order valence-electron chi connectivity index (χ0n) is 30.1. The van der Waals surface area contributed by atoms with E-state index in [1.54, 1.807) is 16.2 Å². The Hall–Kier alpha value is -4.37. The number of amides is 1. The standard InChI is InChI=1S/C43H44ClNO6S/c1-26-25-52-40-34(22-33-38(36(26)40)29(23-44)24-45(33)42(47)51-43(2,3)4)49-35-21-20-32(39(50-35)41(46)48-5)30-18-12-13-19-31(30)37(27-14-8-6-9-15-27)28-16-10-7-11-17-28/h6-19,22,25,29,32,35,37,39H,20-21,23-24H2,1-5H3/t29?,32-,35+,39-/m0/s1. The zero-order chi connectivity index (χ0) is 36.6. The molecule has 3 heterocycles. The lowest BCUT2D eigenvalue weighted by molar-refractivity contribution is -0.188. The van der Waals surface area contributed by atoms with Crippen molar-refractivity contribution in [2.24, 2.45) is 0 Å². The summed E-state index contributed by atoms with van der Waals surface area (Å²) >= 11 is 8.09. The molecule has 5 aromatic rings. The van der Waals surface area contributed by atoms with Crippen molar-refractivity contribution in [3.63, 3.8) is 0 Å². The second-order valence-electron chi connectivity index (χ2n) is 14.6. The minimum atomic E-state index is -0.897. The summed E-state index contributed by atoms with van der Waals surface area (Å²) in [6.07, 6.45) is -0.878. The molecule has 9 heteroatoms. The number of carbonyl (C=O) groups is 2. The normalized spacial score (nSPS) is 20.2. The summed E-state index contributed by atoms with van der Waals surface area (Å²) in [5, 5.41) is 3.13. The zero-order valence-corrected chi connectivity index (χ0v) is 31.7. The SMILES string of the molecule is COC(=O)[C@H]1O[C@@H](Oc2cc3c(c4c(C)csc24)C(CCl)CN3C(=O)OC(C)(C)C)CC[C@H]1c1ccccc1C(c1ccccc1)c1ccccc1. The molecule has 0 bridgehead atoms. The van der Waals surface area contributed by atoms with Crippen molar-refractivity contribution in [3.8, 4) is 5.75 Å². The van der Waals surface area contributed by atoms with Crippen molar-refractivity contribution < 1.29 is 28.5 Å². The summed E-state index contributed by atoms with van der Waals surface area (Å²) < 4.78 is 25.4. The van der Waals surface area contributed by atoms with Crippen molar-refractivity contribution >= 4 is 50.8 Å². The van der Waals surface area contributed by atoms with Crippen molar-refractivity contribution in [2.45, 2.75) is 76.3 Å². The predicted octanol–water partition coefficient (Wildman–Crippen LogP) is 10.3. The molecular formula is C43H44ClNO6S. The van der Waals surface area contributed by atoms with Gasteiger partial charge in [0, 0.05) is 48.1 Å². The number of hydrogen-bond donors (Lipinski definition) is 0. The number of carbonyl (C=O) groups excluding carboxylic acids is 2. The van der Waals surface area contributed by atoms with Crippen molar-refractivity contribution in [2.75, 3.05) is 24.4 Å². The molecule has 52 heavy (non-hydrogen) atoms. The fourth-order valence-electron chi connectivity index (χ4n) is 7.74. The Morgan fingerprint density at radius 1 is 0.962 bits per heavy atom. The second-order valence-corrected chi connectivity index (χ2v) is 15.8. The fraction of sp³-hybridized carbons (Fsp3) is 0.349. The van der Waals surface area contributed by atoms with Gasteiger partial charge in [-0.05, 0) is 72.9 Å². The van der Waals surface area contributed by atoms with Crippen molar-refractivity contribution in [1.82, 2.24) is 0 Å². The average molecular weight is 738 g/mol. The van der Waals surface area contributed by atoms with E-state index in [0.717, 1.165) is 49.2 Å². The molecule has 2 aliphatic rings. The molecule has 1 amide bonds. The van der Waals surface area contributed by atoms with Gasteiger partial charge in [-0.15, -0.1) is 22.9 Å². The lowest BCUT2D eigenvalue weighted by Gasteiger charge is -2.37. The Labute approximate surface area is 314 Å². The van der Waals surface area contributed by atoms with Crippen molar-refractivity contribution in [1.29, 1.82) is 0 Å². The van der Waals surface area contributed by atoms with E-state index < -0.39 is 30.1 Å². The third-order valence-corrected chi connectivity index (χ3v) is 11.4. The smallest absolute Gasteiger partial charge is 0.414 e. The summed E-state index contributed by atoms with van der Waals surface area (Å²) in [7, 11) is 1.40. The molecule has 1 saturated heterocycles. The number of fused-ring (bicyclic) bond motifs is 3. The number of anilines is 1. The van der Waals surface area contributed by atoms with Gasteiger partial charge < -0.3 is 18.9 Å². The summed E-state index contributed by atoms with van der Waals surface area (Å²) in [6.45, 7) is 8.05. The number of aryl methyl sites for hydroxylation is 1. The first-order valence-electron chi connectivity index (χ1n) is 17.8. The van der Waals surface area contributed by atoms with Gasteiger partial charge in [0.15, 0.2) is 6.10 Å². The Kier molecular flexibility index (Phi) is 10.3. The van der Waals surface area contributed by atoms with Crippen LogP contribution in [0.15, 0.2) is 96.4 Å². The van der Waals surface area contributed by atoms with Crippen LogP contribution >= 0.6 is 22.9 Å². The topological polar surface area (TPSA) is 74.3 Å². The van der Waals surface area contributed by atoms with E-state index in [0.29, 0.717) is 31.0 Å². The number of alkyl halides is 1. The first-order chi connectivity index (χ1) is 25.1. The molecular weight excluding hydrogens is 694 g/mol. The number of benzene rings is 4. The fourth-order valence-corrected chi connectivity index (χ4v) is 9.01. The monoisotopic (exact) mass is 737 g/mol. The van der Waals surface area contributed by atoms with E-state index in [9.17, 15) is 9.59 Å². The Bertz CT molecular complexity index is 2020. The Morgan fingerprint density at radius 2 is 1.62 bits per heavy atom. The number of nitrogens with zero attached hydrogens (tertiary/aromatic N) is 1. The molecule has 2 aliphatic heterocycles. The van der Waals surface area contributed by atoms with E-state index in [1.165, 1.54) is 7.11 Å². The maximum atomic E-state index is 13.6. The van der Waals surface area contributed by atoms with E-state index >= 15 is 0 Å². The summed E-state index contributed by atoms with van der Waals surface area (Å²) in [5.41, 5.74) is 6.67. The maximum Gasteiger partial charge on any atom is 0.414 e. The van der Waals surface area contributed by atoms with Crippen molar-refractivity contribution in [3.05, 3.63) is 130 Å². The number of hydrogen-bond acceptors (Lipinski definition) is 7. The van der Waals surface area contributed by atoms with Crippen LogP contribution in [0.2, 0.25) is 0 Å². The molecule has 1 unspecified atom stereocenters. The predicted molar refractivity (Wildman–Crippen MR) is 207 cm³/mol. The number of esters is 1. The largest absolute Gasteiger partial charge is 0.467 e. The average Bonchev–Trinajstić information content (AvgIpc) is 3.72. The van der Waals surface area contributed by atoms with E-state index in [1.807, 2.05) is 45.0 Å². The second kappa shape index (κ2) is 14.9. The van der Waals surface area contributed by atoms with Crippen LogP contribution in [0.3, 0.4) is 0 Å². The summed E-state index contributed by atoms with van der Waals surface area (Å²) in [6, 6.07) is 31.1. The minimum Gasteiger partial charge on any atom is -0.467 e. The first kappa shape index (κ1) is 36.0. The lowest BCUT2D eigenvalue weighted by Crippen LogP contribution is -2.42. The highest BCUT2D eigenvalue weighted by atomic mass is 35.5. The summed E-state index contributed by atoms with van der Waals surface area (Å²) in [5.74, 6) is 0.140. The Morgan fingerprint density at radius 3 is 2.25 bits per heavy atom. The molecule has 7 nitrogen and oxygen atoms in total. The molecule has 0 N–H and O–H groups in total. The van der Waals surface area contributed by atoms with Gasteiger partial charge in [0.2, 0.25) is 6.29 Å². The lowest BCUT2D eigenvalue weighted by atomic mass is 9.77. The molecule has 0 saturated carbocycles. The first-order valence-corrected chi connectivity index (χ1v) is 19.2. The molecule has 4 atom stereocenters. The van der Waals surface area contributed by atoms with Crippen LogP contribution in [-0.2, 0) is 19.0 Å². The Balaban J connectivity index is 1.23. The highest BCUT2D eigenvalue weighted by Crippen LogP contribution is 2.50. The highest BCUT2D eigenvalue weighted by Gasteiger charge is 2.42. The van der Waals surface area contributed by atoms with Crippen LogP contribution in [0, 0.1) is 6.92 Å². The molecule has 270 valence electrons. The maximum absolute atomic E-state index is 13.6. The van der Waals surface area contributed by atoms with Crippen LogP contribution in [-0.4, -0.2) is 49.6 Å². The van der Waals surface area contributed by atoms with Gasteiger partial charge in [-0.1, -0.05) is 84.9 Å². The minimum absolute atomic E-state index is 0.0441. The molecule has 7 rings (SSSR count). The van der Waals surface area contributed by atoms with Crippen LogP contribution in [0.1, 0.15) is 84.7 Å². The van der Waals surface area contributed by atoms with E-state index in [2.05, 4.69) is 79.0 Å². The van der Waals surface area contributed by atoms with E-state index in [4.69, 9.17) is 30.5 Å². The van der Waals surface area contributed by atoms with Gasteiger partial charge in [0.25, 0.3) is 0 Å². The van der Waals surface area contributed by atoms with Crippen LogP contribution in [0.25, 0.3) is 10.1 Å². The van der Waals surface area contributed by atoms with Crippen LogP contribution in [0.5, 0.6) is 5.75 Å². The third kappa shape index (κ3) is 7.04. The van der Waals surface area contributed by atoms with Gasteiger partial charge in [-0.25, -0.2) is 9.59 Å². The van der Waals surface area contributed by atoms with Crippen LogP contribution in [0.4, 0.5) is 10.5 Å². The molecule has 0 radical (unpaired) electrons. The van der Waals surface area contributed by atoms with E-state index in [-0.39, 0.29) is 17.8 Å². The molecule has 1 aromatic heterocycles. The highest BCUT2D eigenvalue weighted by molar-refractivity contribution is 7.17. The number of halogens is 1. The summed E-state index contributed by atoms with van der Waals surface area (Å²) in [4.78, 5) is 28.7. The molecule has 4 aromatic carbocycles. The third-order valence-electron chi connectivity index (χ3n) is 9.96. The molecule has 0 spiro atoms. The molecule has 0 aliphatic carbocycles. The van der Waals surface area contributed by atoms with Gasteiger partial charge in [-0.2, -0.15) is 0 Å². The number of methoxy groups -OCH3 is 1.